The summed E-state index contributed by atoms with van der Waals surface area (Å²) in [7, 11) is 1.75. The van der Waals surface area contributed by atoms with Crippen molar-refractivity contribution in [2.45, 2.75) is 63.7 Å². The highest BCUT2D eigenvalue weighted by Crippen LogP contribution is 2.33. The van der Waals surface area contributed by atoms with Gasteiger partial charge < -0.3 is 10.1 Å². The maximum Gasteiger partial charge on any atom is 0.122 e. The van der Waals surface area contributed by atoms with E-state index < -0.39 is 0 Å². The molecule has 2 aliphatic rings. The van der Waals surface area contributed by atoms with E-state index in [1.165, 1.54) is 31.4 Å². The second-order valence-corrected chi connectivity index (χ2v) is 6.79. The van der Waals surface area contributed by atoms with E-state index >= 15 is 0 Å². The van der Waals surface area contributed by atoms with E-state index in [0.717, 1.165) is 24.3 Å². The lowest BCUT2D eigenvalue weighted by Gasteiger charge is -2.21. The van der Waals surface area contributed by atoms with E-state index in [1.807, 2.05) is 6.07 Å². The molecule has 1 saturated heterocycles. The summed E-state index contributed by atoms with van der Waals surface area (Å²) >= 11 is 0. The minimum atomic E-state index is 0.484. The molecule has 1 aromatic rings. The third kappa shape index (κ3) is 3.58. The van der Waals surface area contributed by atoms with Gasteiger partial charge in [0.1, 0.15) is 5.75 Å². The summed E-state index contributed by atoms with van der Waals surface area (Å²) in [5.41, 5.74) is 1.30. The molecule has 1 aliphatic heterocycles. The van der Waals surface area contributed by atoms with Gasteiger partial charge in [-0.1, -0.05) is 18.2 Å². The molecule has 3 unspecified atom stereocenters. The zero-order valence-corrected chi connectivity index (χ0v) is 13.5. The summed E-state index contributed by atoms with van der Waals surface area (Å²) in [6, 6.07) is 11.1. The fourth-order valence-electron chi connectivity index (χ4n) is 3.75. The van der Waals surface area contributed by atoms with Crippen molar-refractivity contribution in [3.63, 3.8) is 0 Å². The monoisotopic (exact) mass is 288 g/mol. The van der Waals surface area contributed by atoms with Crippen molar-refractivity contribution in [1.29, 1.82) is 0 Å². The molecule has 0 bridgehead atoms. The van der Waals surface area contributed by atoms with E-state index in [2.05, 4.69) is 42.3 Å². The Kier molecular flexibility index (Phi) is 4.51. The largest absolute Gasteiger partial charge is 0.496 e. The number of methoxy groups -OCH3 is 1. The van der Waals surface area contributed by atoms with Crippen molar-refractivity contribution < 1.29 is 4.74 Å². The van der Waals surface area contributed by atoms with E-state index in [4.69, 9.17) is 4.74 Å². The van der Waals surface area contributed by atoms with Crippen LogP contribution in [0.15, 0.2) is 24.3 Å². The predicted octanol–water partition coefficient (Wildman–Crippen LogP) is 2.84. The van der Waals surface area contributed by atoms with Crippen LogP contribution < -0.4 is 10.1 Å². The third-order valence-corrected chi connectivity index (χ3v) is 4.88. The van der Waals surface area contributed by atoms with Gasteiger partial charge in [0.05, 0.1) is 7.11 Å². The zero-order valence-electron chi connectivity index (χ0n) is 13.5. The quantitative estimate of drug-likeness (QED) is 0.871. The molecule has 116 valence electrons. The van der Waals surface area contributed by atoms with Crippen LogP contribution in [0, 0.1) is 0 Å². The van der Waals surface area contributed by atoms with Gasteiger partial charge in [-0.15, -0.1) is 0 Å². The summed E-state index contributed by atoms with van der Waals surface area (Å²) in [5, 5.41) is 3.82. The van der Waals surface area contributed by atoms with Gasteiger partial charge in [-0.3, -0.25) is 4.90 Å². The second-order valence-electron chi connectivity index (χ2n) is 6.79. The molecule has 3 heteroatoms. The second kappa shape index (κ2) is 6.37. The Morgan fingerprint density at radius 3 is 2.81 bits per heavy atom. The Bertz CT molecular complexity index is 472. The number of rotatable bonds is 6. The number of nitrogens with zero attached hydrogens (tertiary/aromatic N) is 1. The Morgan fingerprint density at radius 1 is 1.33 bits per heavy atom. The highest BCUT2D eigenvalue weighted by molar-refractivity contribution is 5.33. The molecule has 3 atom stereocenters. The summed E-state index contributed by atoms with van der Waals surface area (Å²) in [6.07, 6.45) is 5.13. The van der Waals surface area contributed by atoms with E-state index in [-0.39, 0.29) is 0 Å². The highest BCUT2D eigenvalue weighted by Gasteiger charge is 2.38. The lowest BCUT2D eigenvalue weighted by atomic mass is 10.0. The number of ether oxygens (including phenoxy) is 1. The van der Waals surface area contributed by atoms with Crippen molar-refractivity contribution in [1.82, 2.24) is 10.2 Å². The van der Waals surface area contributed by atoms with Gasteiger partial charge in [-0.25, -0.2) is 0 Å². The van der Waals surface area contributed by atoms with Gasteiger partial charge in [0.25, 0.3) is 0 Å². The van der Waals surface area contributed by atoms with Crippen molar-refractivity contribution in [2.24, 2.45) is 0 Å². The van der Waals surface area contributed by atoms with Crippen LogP contribution in [-0.4, -0.2) is 42.7 Å². The number of para-hydroxylation sites is 1. The molecule has 3 nitrogen and oxygen atoms in total. The van der Waals surface area contributed by atoms with E-state index in [9.17, 15) is 0 Å². The fraction of sp³-hybridized carbons (Fsp3) is 0.667. The van der Waals surface area contributed by atoms with Crippen LogP contribution in [0.4, 0.5) is 0 Å². The van der Waals surface area contributed by atoms with Crippen molar-refractivity contribution in [2.75, 3.05) is 13.7 Å². The highest BCUT2D eigenvalue weighted by atomic mass is 16.5. The molecule has 21 heavy (non-hydrogen) atoms. The molecule has 0 amide bonds. The predicted molar refractivity (Wildman–Crippen MR) is 86.9 cm³/mol. The number of nitrogens with one attached hydrogen (secondary N) is 1. The van der Waals surface area contributed by atoms with Crippen LogP contribution in [0.2, 0.25) is 0 Å². The van der Waals surface area contributed by atoms with Gasteiger partial charge in [-0.2, -0.15) is 0 Å². The van der Waals surface area contributed by atoms with Gasteiger partial charge in [0.15, 0.2) is 0 Å². The molecule has 1 heterocycles. The van der Waals surface area contributed by atoms with E-state index in [1.54, 1.807) is 7.11 Å². The minimum absolute atomic E-state index is 0.484. The van der Waals surface area contributed by atoms with Gasteiger partial charge in [0, 0.05) is 30.7 Å². The molecule has 1 aromatic carbocycles. The van der Waals surface area contributed by atoms with Crippen molar-refractivity contribution >= 4 is 0 Å². The van der Waals surface area contributed by atoms with Crippen molar-refractivity contribution in [3.05, 3.63) is 29.8 Å². The van der Waals surface area contributed by atoms with Crippen LogP contribution in [0.25, 0.3) is 0 Å². The summed E-state index contributed by atoms with van der Waals surface area (Å²) in [6.45, 7) is 5.89. The Morgan fingerprint density at radius 2 is 2.10 bits per heavy atom. The van der Waals surface area contributed by atoms with Gasteiger partial charge in [0.2, 0.25) is 0 Å². The molecule has 1 N–H and O–H groups in total. The van der Waals surface area contributed by atoms with Gasteiger partial charge in [-0.05, 0) is 51.2 Å². The average Bonchev–Trinajstić information content (AvgIpc) is 3.24. The molecule has 0 aromatic heterocycles. The maximum atomic E-state index is 5.45. The average molecular weight is 288 g/mol. The molecular formula is C18H28N2O. The molecule has 2 fully saturated rings. The number of hydrogen-bond donors (Lipinski definition) is 1. The van der Waals surface area contributed by atoms with Crippen molar-refractivity contribution in [3.8, 4) is 5.75 Å². The lowest BCUT2D eigenvalue weighted by molar-refractivity contribution is 0.254. The van der Waals surface area contributed by atoms with Crippen LogP contribution in [-0.2, 0) is 6.42 Å². The molecule has 0 spiro atoms. The Hall–Kier alpha value is -1.06. The van der Waals surface area contributed by atoms with Crippen LogP contribution >= 0.6 is 0 Å². The SMILES string of the molecule is COc1ccccc1CC(C)NC1CC(C)N(C2CC2)C1. The molecule has 1 aliphatic carbocycles. The summed E-state index contributed by atoms with van der Waals surface area (Å²) < 4.78 is 5.45. The van der Waals surface area contributed by atoms with E-state index in [0.29, 0.717) is 12.1 Å². The lowest BCUT2D eigenvalue weighted by Crippen LogP contribution is -2.40. The smallest absolute Gasteiger partial charge is 0.122 e. The standard InChI is InChI=1S/C18H28N2O/c1-13(10-15-6-4-5-7-18(15)21-3)19-16-11-14(2)20(12-16)17-8-9-17/h4-7,13-14,16-17,19H,8-12H2,1-3H3. The van der Waals surface area contributed by atoms with Crippen LogP contribution in [0.5, 0.6) is 5.75 Å². The minimum Gasteiger partial charge on any atom is -0.496 e. The van der Waals surface area contributed by atoms with Crippen LogP contribution in [0.3, 0.4) is 0 Å². The molecule has 3 rings (SSSR count). The third-order valence-electron chi connectivity index (χ3n) is 4.88. The Balaban J connectivity index is 1.53. The zero-order chi connectivity index (χ0) is 14.8. The first-order valence-corrected chi connectivity index (χ1v) is 8.31. The maximum absolute atomic E-state index is 5.45. The number of hydrogen-bond acceptors (Lipinski definition) is 3. The topological polar surface area (TPSA) is 24.5 Å². The summed E-state index contributed by atoms with van der Waals surface area (Å²) in [4.78, 5) is 2.70. The fourth-order valence-corrected chi connectivity index (χ4v) is 3.75. The molecule has 0 radical (unpaired) electrons. The first kappa shape index (κ1) is 14.9. The number of likely N-dealkylation sites (tertiary alicyclic amines) is 1. The first-order valence-electron chi connectivity index (χ1n) is 8.31. The Labute approximate surface area is 128 Å². The van der Waals surface area contributed by atoms with Gasteiger partial charge >= 0.3 is 0 Å². The van der Waals surface area contributed by atoms with Crippen LogP contribution in [0.1, 0.15) is 38.7 Å². The first-order chi connectivity index (χ1) is 10.2. The molecular weight excluding hydrogens is 260 g/mol. The number of benzene rings is 1. The molecule has 1 saturated carbocycles. The summed E-state index contributed by atoms with van der Waals surface area (Å²) in [5.74, 6) is 1.01. The normalized spacial score (nSPS) is 27.8.